The number of para-hydroxylation sites is 2. The summed E-state index contributed by atoms with van der Waals surface area (Å²) in [6.07, 6.45) is 0.825. The molecule has 0 spiro atoms. The van der Waals surface area contributed by atoms with Gasteiger partial charge in [0, 0.05) is 41.7 Å². The zero-order valence-corrected chi connectivity index (χ0v) is 15.9. The first-order valence-electron chi connectivity index (χ1n) is 9.17. The van der Waals surface area contributed by atoms with E-state index in [0.717, 1.165) is 11.9 Å². The van der Waals surface area contributed by atoms with Crippen molar-refractivity contribution < 1.29 is 4.79 Å². The molecule has 28 heavy (non-hydrogen) atoms. The van der Waals surface area contributed by atoms with Gasteiger partial charge in [-0.25, -0.2) is 4.98 Å². The minimum absolute atomic E-state index is 0.0525. The van der Waals surface area contributed by atoms with Gasteiger partial charge in [0.2, 0.25) is 5.91 Å². The number of amides is 1. The first kappa shape index (κ1) is 17.1. The van der Waals surface area contributed by atoms with Gasteiger partial charge in [0.05, 0.1) is 16.7 Å². The van der Waals surface area contributed by atoms with E-state index in [-0.39, 0.29) is 17.2 Å². The van der Waals surface area contributed by atoms with Crippen molar-refractivity contribution >= 4 is 39.5 Å². The fourth-order valence-electron chi connectivity index (χ4n) is 3.73. The normalized spacial score (nSPS) is 13.8. The van der Waals surface area contributed by atoms with Crippen LogP contribution in [0.4, 0.5) is 0 Å². The van der Waals surface area contributed by atoms with Gasteiger partial charge in [-0.2, -0.15) is 0 Å². The van der Waals surface area contributed by atoms with E-state index in [9.17, 15) is 9.59 Å². The summed E-state index contributed by atoms with van der Waals surface area (Å²) in [6.45, 7) is 1.31. The van der Waals surface area contributed by atoms with Crippen molar-refractivity contribution in [3.8, 4) is 0 Å². The number of nitrogens with zero attached hydrogens (tertiary/aromatic N) is 2. The molecule has 7 heteroatoms. The zero-order valence-electron chi connectivity index (χ0n) is 15.1. The van der Waals surface area contributed by atoms with Crippen LogP contribution < -0.4 is 5.56 Å². The summed E-state index contributed by atoms with van der Waals surface area (Å²) < 4.78 is 0. The molecule has 1 aliphatic rings. The Bertz CT molecular complexity index is 1260. The van der Waals surface area contributed by atoms with Crippen molar-refractivity contribution in [1.29, 1.82) is 0 Å². The average molecular weight is 390 g/mol. The third-order valence-electron chi connectivity index (χ3n) is 5.16. The number of thioether (sulfide) groups is 1. The molecule has 0 saturated heterocycles. The van der Waals surface area contributed by atoms with E-state index < -0.39 is 0 Å². The minimum Gasteiger partial charge on any atom is -0.358 e. The van der Waals surface area contributed by atoms with E-state index in [1.54, 1.807) is 12.1 Å². The molecular weight excluding hydrogens is 372 g/mol. The number of carbonyl (C=O) groups excluding carboxylic acids is 1. The fraction of sp³-hybridized carbons (Fsp3) is 0.190. The predicted octanol–water partition coefficient (Wildman–Crippen LogP) is 3.08. The number of rotatable bonds is 3. The van der Waals surface area contributed by atoms with Crippen molar-refractivity contribution in [3.63, 3.8) is 0 Å². The van der Waals surface area contributed by atoms with Gasteiger partial charge in [0.1, 0.15) is 0 Å². The maximum Gasteiger partial charge on any atom is 0.259 e. The zero-order chi connectivity index (χ0) is 19.1. The predicted molar refractivity (Wildman–Crippen MR) is 111 cm³/mol. The molecule has 1 aliphatic heterocycles. The van der Waals surface area contributed by atoms with Crippen LogP contribution in [-0.2, 0) is 17.8 Å². The molecule has 0 atom stereocenters. The summed E-state index contributed by atoms with van der Waals surface area (Å²) in [5, 5.41) is 2.21. The average Bonchev–Trinajstić information content (AvgIpc) is 3.10. The molecule has 2 aromatic carbocycles. The fourth-order valence-corrected chi connectivity index (χ4v) is 4.50. The Morgan fingerprint density at radius 3 is 2.75 bits per heavy atom. The number of hydrogen-bond acceptors (Lipinski definition) is 4. The highest BCUT2D eigenvalue weighted by atomic mass is 32.2. The number of aromatic nitrogens is 3. The molecule has 3 heterocycles. The highest BCUT2D eigenvalue weighted by Gasteiger charge is 2.24. The van der Waals surface area contributed by atoms with Crippen LogP contribution in [-0.4, -0.2) is 38.1 Å². The Labute approximate surface area is 165 Å². The number of hydrogen-bond donors (Lipinski definition) is 2. The van der Waals surface area contributed by atoms with E-state index in [2.05, 4.69) is 27.1 Å². The molecule has 0 aliphatic carbocycles. The quantitative estimate of drug-likeness (QED) is 0.416. The number of fused-ring (bicyclic) bond motifs is 4. The van der Waals surface area contributed by atoms with Crippen molar-refractivity contribution in [1.82, 2.24) is 19.9 Å². The summed E-state index contributed by atoms with van der Waals surface area (Å²) in [4.78, 5) is 37.5. The molecular formula is C21H18N4O2S. The maximum absolute atomic E-state index is 12.8. The molecule has 0 radical (unpaired) electrons. The molecule has 5 rings (SSSR count). The van der Waals surface area contributed by atoms with Gasteiger partial charge >= 0.3 is 0 Å². The molecule has 2 aromatic heterocycles. The first-order valence-corrected chi connectivity index (χ1v) is 10.2. The van der Waals surface area contributed by atoms with Crippen molar-refractivity contribution in [2.45, 2.75) is 18.1 Å². The second-order valence-electron chi connectivity index (χ2n) is 6.87. The summed E-state index contributed by atoms with van der Waals surface area (Å²) in [5.74, 6) is 0.302. The second-order valence-corrected chi connectivity index (χ2v) is 7.83. The van der Waals surface area contributed by atoms with Crippen LogP contribution in [0.3, 0.4) is 0 Å². The van der Waals surface area contributed by atoms with Gasteiger partial charge in [0.15, 0.2) is 5.16 Å². The Balaban J connectivity index is 1.32. The van der Waals surface area contributed by atoms with Crippen molar-refractivity contribution in [2.24, 2.45) is 0 Å². The van der Waals surface area contributed by atoms with Crippen LogP contribution in [0.1, 0.15) is 11.3 Å². The standard InChI is InChI=1S/C21H18N4O2S/c26-19(12-28-21-23-17-8-4-2-6-14(17)20(27)24-21)25-10-9-18-15(11-25)13-5-1-3-7-16(13)22-18/h1-8,22H,9-12H2,(H,23,24,27). The van der Waals surface area contributed by atoms with E-state index in [4.69, 9.17) is 0 Å². The Hall–Kier alpha value is -3.06. The van der Waals surface area contributed by atoms with Crippen molar-refractivity contribution in [2.75, 3.05) is 12.3 Å². The largest absolute Gasteiger partial charge is 0.358 e. The molecule has 0 unspecified atom stereocenters. The first-order chi connectivity index (χ1) is 13.7. The van der Waals surface area contributed by atoms with Gasteiger partial charge in [-0.3, -0.25) is 9.59 Å². The summed E-state index contributed by atoms with van der Waals surface area (Å²) in [6, 6.07) is 15.4. The molecule has 4 aromatic rings. The van der Waals surface area contributed by atoms with Crippen LogP contribution in [0.5, 0.6) is 0 Å². The SMILES string of the molecule is O=C(CSc1nc2ccccc2c(=O)[nH]1)N1CCc2[nH]c3ccccc3c2C1. The molecule has 1 amide bonds. The van der Waals surface area contributed by atoms with E-state index in [1.807, 2.05) is 29.2 Å². The van der Waals surface area contributed by atoms with Crippen LogP contribution >= 0.6 is 11.8 Å². The third-order valence-corrected chi connectivity index (χ3v) is 6.02. The van der Waals surface area contributed by atoms with Gasteiger partial charge in [-0.1, -0.05) is 42.1 Å². The Morgan fingerprint density at radius 1 is 1.07 bits per heavy atom. The van der Waals surface area contributed by atoms with E-state index >= 15 is 0 Å². The molecule has 2 N–H and O–H groups in total. The molecule has 0 bridgehead atoms. The van der Waals surface area contributed by atoms with E-state index in [0.29, 0.717) is 29.1 Å². The lowest BCUT2D eigenvalue weighted by molar-refractivity contribution is -0.129. The molecule has 6 nitrogen and oxygen atoms in total. The number of carbonyl (C=O) groups is 1. The van der Waals surface area contributed by atoms with Crippen LogP contribution in [0.15, 0.2) is 58.5 Å². The lowest BCUT2D eigenvalue weighted by Gasteiger charge is -2.27. The summed E-state index contributed by atoms with van der Waals surface area (Å²) in [5.41, 5.74) is 4.01. The number of nitrogens with one attached hydrogen (secondary N) is 2. The maximum atomic E-state index is 12.8. The highest BCUT2D eigenvalue weighted by molar-refractivity contribution is 7.99. The van der Waals surface area contributed by atoms with Crippen LogP contribution in [0, 0.1) is 0 Å². The molecule has 140 valence electrons. The monoisotopic (exact) mass is 390 g/mol. The van der Waals surface area contributed by atoms with E-state index in [1.165, 1.54) is 28.4 Å². The number of H-pyrrole nitrogens is 2. The Kier molecular flexibility index (Phi) is 4.16. The lowest BCUT2D eigenvalue weighted by Crippen LogP contribution is -2.37. The summed E-state index contributed by atoms with van der Waals surface area (Å²) >= 11 is 1.27. The van der Waals surface area contributed by atoms with Crippen LogP contribution in [0.25, 0.3) is 21.8 Å². The smallest absolute Gasteiger partial charge is 0.259 e. The molecule has 0 saturated carbocycles. The van der Waals surface area contributed by atoms with Gasteiger partial charge in [0.25, 0.3) is 5.56 Å². The Morgan fingerprint density at radius 2 is 1.86 bits per heavy atom. The van der Waals surface area contributed by atoms with Gasteiger partial charge in [-0.05, 0) is 18.2 Å². The summed E-state index contributed by atoms with van der Waals surface area (Å²) in [7, 11) is 0. The number of aromatic amines is 2. The highest BCUT2D eigenvalue weighted by Crippen LogP contribution is 2.28. The van der Waals surface area contributed by atoms with Crippen molar-refractivity contribution in [3.05, 3.63) is 70.1 Å². The lowest BCUT2D eigenvalue weighted by atomic mass is 10.0. The van der Waals surface area contributed by atoms with Gasteiger partial charge < -0.3 is 14.9 Å². The third kappa shape index (κ3) is 2.97. The number of benzene rings is 2. The topological polar surface area (TPSA) is 81.8 Å². The van der Waals surface area contributed by atoms with Gasteiger partial charge in [-0.15, -0.1) is 0 Å². The molecule has 0 fully saturated rings. The van der Waals surface area contributed by atoms with Crippen LogP contribution in [0.2, 0.25) is 0 Å². The minimum atomic E-state index is -0.179. The second kappa shape index (κ2) is 6.83.